The lowest BCUT2D eigenvalue weighted by Crippen LogP contribution is -2.71. The number of rotatable bonds is 6. The molecular weight excluding hydrogens is 444 g/mol. The summed E-state index contributed by atoms with van der Waals surface area (Å²) in [5, 5.41) is 20.8. The highest BCUT2D eigenvalue weighted by Gasteiger charge is 2.55. The number of carbonyl (C=O) groups excluding carboxylic acids is 4. The number of nitrogens with two attached hydrogens (primary N) is 1. The van der Waals surface area contributed by atoms with Gasteiger partial charge >= 0.3 is 11.9 Å². The predicted octanol–water partition coefficient (Wildman–Crippen LogP) is -1.16. The molecule has 0 radical (unpaired) electrons. The molecule has 3 rings (SSSR count). The quantitative estimate of drug-likeness (QED) is 0.132. The summed E-state index contributed by atoms with van der Waals surface area (Å²) in [7, 11) is 0. The second-order valence-corrected chi connectivity index (χ2v) is 8.01. The average molecular weight is 462 g/mol. The van der Waals surface area contributed by atoms with Crippen LogP contribution in [0, 0.1) is 0 Å². The van der Waals surface area contributed by atoms with Gasteiger partial charge in [0.05, 0.1) is 5.57 Å². The summed E-state index contributed by atoms with van der Waals surface area (Å²) in [6.07, 6.45) is 0. The van der Waals surface area contributed by atoms with Crippen LogP contribution >= 0.6 is 11.8 Å². The van der Waals surface area contributed by atoms with E-state index >= 15 is 0 Å². The molecule has 0 bridgehead atoms. The maximum absolute atomic E-state index is 12.7. The number of nitrogens with one attached hydrogen (secondary N) is 1. The average Bonchev–Trinajstić information content (AvgIpc) is 2.75. The van der Waals surface area contributed by atoms with E-state index in [-0.39, 0.29) is 21.9 Å². The Morgan fingerprint density at radius 2 is 1.81 bits per heavy atom. The molecule has 168 valence electrons. The Labute approximate surface area is 185 Å². The van der Waals surface area contributed by atoms with Gasteiger partial charge in [0.15, 0.2) is 5.92 Å². The summed E-state index contributed by atoms with van der Waals surface area (Å²) >= 11 is 0.977. The molecule has 1 aromatic rings. The van der Waals surface area contributed by atoms with Gasteiger partial charge < -0.3 is 15.5 Å². The molecule has 5 N–H and O–H groups in total. The molecule has 0 aromatic heterocycles. The molecule has 1 fully saturated rings. The van der Waals surface area contributed by atoms with E-state index in [1.807, 2.05) is 0 Å². The number of aliphatic carboxylic acids is 2. The molecule has 2 unspecified atom stereocenters. The highest BCUT2D eigenvalue weighted by Crippen LogP contribution is 2.41. The lowest BCUT2D eigenvalue weighted by molar-refractivity contribution is -0.152. The molecular formula is C19H18N4O8S. The summed E-state index contributed by atoms with van der Waals surface area (Å²) in [5.74, 6) is -3.03. The van der Waals surface area contributed by atoms with Crippen LogP contribution in [-0.4, -0.2) is 72.9 Å². The van der Waals surface area contributed by atoms with Crippen molar-refractivity contribution in [2.45, 2.75) is 24.3 Å². The first-order chi connectivity index (χ1) is 15.1. The normalized spacial score (nSPS) is 20.6. The lowest BCUT2D eigenvalue weighted by Gasteiger charge is -2.49. The van der Waals surface area contributed by atoms with Crippen molar-refractivity contribution >= 4 is 47.3 Å². The van der Waals surface area contributed by atoms with E-state index in [0.717, 1.165) is 23.6 Å². The number of hydrazine groups is 1. The number of carboxylic acid groups (broad SMARTS) is 2. The molecule has 13 heteroatoms. The summed E-state index contributed by atoms with van der Waals surface area (Å²) in [5.41, 5.74) is -0.769. The molecule has 2 heterocycles. The minimum absolute atomic E-state index is 0.191. The number of amides is 4. The van der Waals surface area contributed by atoms with Crippen molar-refractivity contribution in [3.63, 3.8) is 0 Å². The first-order valence-corrected chi connectivity index (χ1v) is 10.2. The van der Waals surface area contributed by atoms with Crippen LogP contribution in [0.5, 0.6) is 0 Å². The van der Waals surface area contributed by atoms with Gasteiger partial charge in [-0.2, -0.15) is 0 Å². The van der Waals surface area contributed by atoms with Crippen LogP contribution in [0.25, 0.3) is 0 Å². The van der Waals surface area contributed by atoms with Gasteiger partial charge in [0.2, 0.25) is 11.8 Å². The van der Waals surface area contributed by atoms with Crippen LogP contribution in [0.3, 0.4) is 0 Å². The first-order valence-electron chi connectivity index (χ1n) is 9.15. The van der Waals surface area contributed by atoms with E-state index in [1.165, 1.54) is 12.1 Å². The monoisotopic (exact) mass is 462 g/mol. The van der Waals surface area contributed by atoms with Crippen LogP contribution in [0.1, 0.15) is 18.4 Å². The van der Waals surface area contributed by atoms with Gasteiger partial charge in [-0.05, 0) is 5.56 Å². The van der Waals surface area contributed by atoms with Crippen molar-refractivity contribution in [3.8, 4) is 0 Å². The van der Waals surface area contributed by atoms with Gasteiger partial charge in [0, 0.05) is 12.7 Å². The minimum Gasteiger partial charge on any atom is -0.480 e. The van der Waals surface area contributed by atoms with Crippen LogP contribution in [0.4, 0.5) is 0 Å². The number of fused-ring (bicyclic) bond motifs is 1. The van der Waals surface area contributed by atoms with Gasteiger partial charge in [-0.3, -0.25) is 28.9 Å². The molecule has 0 spiro atoms. The van der Waals surface area contributed by atoms with Gasteiger partial charge in [-0.25, -0.2) is 15.6 Å². The van der Waals surface area contributed by atoms with Crippen LogP contribution < -0.4 is 11.2 Å². The molecule has 12 nitrogen and oxygen atoms in total. The zero-order chi connectivity index (χ0) is 23.7. The van der Waals surface area contributed by atoms with Crippen molar-refractivity contribution in [2.75, 3.05) is 5.75 Å². The Bertz CT molecular complexity index is 1060. The lowest BCUT2D eigenvalue weighted by atomic mass is 9.96. The minimum atomic E-state index is -1.58. The van der Waals surface area contributed by atoms with Crippen LogP contribution in [-0.2, 0) is 28.8 Å². The van der Waals surface area contributed by atoms with E-state index in [4.69, 9.17) is 5.84 Å². The number of imide groups is 1. The van der Waals surface area contributed by atoms with Crippen LogP contribution in [0.2, 0.25) is 0 Å². The molecule has 0 aliphatic carbocycles. The Hall–Kier alpha value is -3.71. The van der Waals surface area contributed by atoms with Crippen molar-refractivity contribution in [2.24, 2.45) is 5.84 Å². The standard InChI is InChI=1S/C19H18N4O8S/c1-8(24)23(20)15(26)10-7-32-17-12(16(27)22(17)13(10)19(30)31)21-14(25)11(18(28)29)9-5-3-2-4-6-9/h2-6,11-12,17H,7,20H2,1H3,(H,21,25)(H,28,29)(H,30,31)/t11?,12?,17-/m1/s1. The summed E-state index contributed by atoms with van der Waals surface area (Å²) < 4.78 is 0. The Morgan fingerprint density at radius 3 is 2.34 bits per heavy atom. The van der Waals surface area contributed by atoms with Crippen molar-refractivity contribution < 1.29 is 39.0 Å². The van der Waals surface area contributed by atoms with E-state index in [9.17, 15) is 39.0 Å². The third-order valence-electron chi connectivity index (χ3n) is 4.93. The summed E-state index contributed by atoms with van der Waals surface area (Å²) in [6.45, 7) is 1.02. The SMILES string of the molecule is CC(=O)N(N)C(=O)C1=C(C(=O)O)N2C(=O)C(NC(=O)C(C(=O)O)c3ccccc3)[C@H]2SC1. The van der Waals surface area contributed by atoms with E-state index in [2.05, 4.69) is 5.32 Å². The Morgan fingerprint density at radius 1 is 1.19 bits per heavy atom. The number of carbonyl (C=O) groups is 6. The molecule has 3 atom stereocenters. The second kappa shape index (κ2) is 8.80. The van der Waals surface area contributed by atoms with Crippen molar-refractivity contribution in [3.05, 3.63) is 47.2 Å². The number of hydrogen-bond donors (Lipinski definition) is 4. The number of nitrogens with zero attached hydrogens (tertiary/aromatic N) is 2. The molecule has 2 aliphatic heterocycles. The maximum atomic E-state index is 12.7. The zero-order valence-electron chi connectivity index (χ0n) is 16.5. The van der Waals surface area contributed by atoms with Crippen molar-refractivity contribution in [1.29, 1.82) is 0 Å². The summed E-state index contributed by atoms with van der Waals surface area (Å²) in [6, 6.07) is 6.51. The number of thioether (sulfide) groups is 1. The van der Waals surface area contributed by atoms with Gasteiger partial charge in [0.1, 0.15) is 17.1 Å². The third kappa shape index (κ3) is 3.94. The highest BCUT2D eigenvalue weighted by molar-refractivity contribution is 8.00. The predicted molar refractivity (Wildman–Crippen MR) is 108 cm³/mol. The number of β-lactam (4-membered cyclic amide) rings is 1. The highest BCUT2D eigenvalue weighted by atomic mass is 32.2. The van der Waals surface area contributed by atoms with Gasteiger partial charge in [-0.1, -0.05) is 30.3 Å². The fourth-order valence-electron chi connectivity index (χ4n) is 3.36. The van der Waals surface area contributed by atoms with Crippen LogP contribution in [0.15, 0.2) is 41.6 Å². The van der Waals surface area contributed by atoms with E-state index in [1.54, 1.807) is 18.2 Å². The first kappa shape index (κ1) is 23.0. The van der Waals surface area contributed by atoms with Gasteiger partial charge in [0.25, 0.3) is 11.8 Å². The molecule has 1 aromatic carbocycles. The molecule has 1 saturated heterocycles. The fraction of sp³-hybridized carbons (Fsp3) is 0.263. The Kier molecular flexibility index (Phi) is 6.32. The summed E-state index contributed by atoms with van der Waals surface area (Å²) in [4.78, 5) is 73.3. The maximum Gasteiger partial charge on any atom is 0.353 e. The number of hydrogen-bond acceptors (Lipinski definition) is 8. The Balaban J connectivity index is 1.84. The topological polar surface area (TPSA) is 187 Å². The third-order valence-corrected chi connectivity index (χ3v) is 6.21. The zero-order valence-corrected chi connectivity index (χ0v) is 17.4. The molecule has 2 aliphatic rings. The van der Waals surface area contributed by atoms with Crippen molar-refractivity contribution in [1.82, 2.24) is 15.2 Å². The number of carboxylic acids is 2. The molecule has 4 amide bonds. The smallest absolute Gasteiger partial charge is 0.353 e. The molecule has 0 saturated carbocycles. The van der Waals surface area contributed by atoms with E-state index < -0.39 is 58.6 Å². The van der Waals surface area contributed by atoms with Gasteiger partial charge in [-0.15, -0.1) is 11.8 Å². The largest absolute Gasteiger partial charge is 0.480 e. The second-order valence-electron chi connectivity index (χ2n) is 6.90. The molecule has 32 heavy (non-hydrogen) atoms. The van der Waals surface area contributed by atoms with E-state index in [0.29, 0.717) is 0 Å². The number of benzene rings is 1. The fourth-order valence-corrected chi connectivity index (χ4v) is 4.69.